The van der Waals surface area contributed by atoms with Gasteiger partial charge in [0.05, 0.1) is 29.9 Å². The van der Waals surface area contributed by atoms with E-state index < -0.39 is 6.36 Å². The number of carbonyl (C=O) groups excluding carboxylic acids is 1. The van der Waals surface area contributed by atoms with Crippen molar-refractivity contribution in [1.82, 2.24) is 14.5 Å². The number of hydrogen-bond acceptors (Lipinski definition) is 5. The number of ether oxygens (including phenoxy) is 3. The van der Waals surface area contributed by atoms with Crippen LogP contribution in [0.15, 0.2) is 30.5 Å². The van der Waals surface area contributed by atoms with Crippen molar-refractivity contribution in [2.45, 2.75) is 53.4 Å². The Morgan fingerprint density at radius 3 is 2.39 bits per heavy atom. The number of fused-ring (bicyclic) bond motifs is 1. The Labute approximate surface area is 208 Å². The standard InChI is InChI=1S/C26H32F3N3O4/c1-7-18(15-35-25(33)31(8-2)9-3)32-14-17(5)24-21(32)12-16(4)23(30-24)20-11-10-19(13-22(20)34-6)36-26(27,28)29/h10-14,18H,7-9,15H2,1-6H3. The molecular weight excluding hydrogens is 475 g/mol. The Kier molecular flexibility index (Phi) is 8.37. The first-order valence-corrected chi connectivity index (χ1v) is 11.9. The molecule has 7 nitrogen and oxygen atoms in total. The number of carbonyl (C=O) groups is 1. The van der Waals surface area contributed by atoms with Crippen LogP contribution >= 0.6 is 0 Å². The second kappa shape index (κ2) is 11.1. The third-order valence-corrected chi connectivity index (χ3v) is 6.12. The van der Waals surface area contributed by atoms with Gasteiger partial charge in [0, 0.05) is 30.9 Å². The van der Waals surface area contributed by atoms with Crippen molar-refractivity contribution >= 4 is 17.1 Å². The summed E-state index contributed by atoms with van der Waals surface area (Å²) < 4.78 is 55.0. The first-order valence-electron chi connectivity index (χ1n) is 11.9. The maximum atomic E-state index is 12.6. The molecule has 3 rings (SSSR count). The lowest BCUT2D eigenvalue weighted by Crippen LogP contribution is -2.32. The van der Waals surface area contributed by atoms with Crippen molar-refractivity contribution in [1.29, 1.82) is 0 Å². The SMILES string of the molecule is CCC(COC(=O)N(CC)CC)n1cc(C)c2nc(-c3ccc(OC(F)(F)F)cc3OC)c(C)cc21. The minimum absolute atomic E-state index is 0.0823. The lowest BCUT2D eigenvalue weighted by atomic mass is 10.0. The number of nitrogens with zero attached hydrogens (tertiary/aromatic N) is 3. The molecule has 1 amide bonds. The predicted octanol–water partition coefficient (Wildman–Crippen LogP) is 6.66. The number of benzene rings is 1. The van der Waals surface area contributed by atoms with E-state index in [1.54, 1.807) is 4.90 Å². The number of hydrogen-bond donors (Lipinski definition) is 0. The number of rotatable bonds is 9. The molecule has 2 heterocycles. The van der Waals surface area contributed by atoms with Gasteiger partial charge in [0.25, 0.3) is 0 Å². The molecule has 1 atom stereocenters. The largest absolute Gasteiger partial charge is 0.573 e. The highest BCUT2D eigenvalue weighted by Gasteiger charge is 2.31. The number of aryl methyl sites for hydroxylation is 2. The monoisotopic (exact) mass is 507 g/mol. The van der Waals surface area contributed by atoms with E-state index in [4.69, 9.17) is 14.5 Å². The first kappa shape index (κ1) is 27.2. The number of halogens is 3. The zero-order valence-electron chi connectivity index (χ0n) is 21.4. The van der Waals surface area contributed by atoms with Gasteiger partial charge in [0.2, 0.25) is 0 Å². The molecular formula is C26H32F3N3O4. The fraction of sp³-hybridized carbons (Fsp3) is 0.462. The Morgan fingerprint density at radius 1 is 1.11 bits per heavy atom. The van der Waals surface area contributed by atoms with Gasteiger partial charge in [-0.15, -0.1) is 13.2 Å². The maximum absolute atomic E-state index is 12.6. The van der Waals surface area contributed by atoms with Crippen molar-refractivity contribution in [3.8, 4) is 22.8 Å². The molecule has 0 saturated heterocycles. The molecule has 0 fully saturated rings. The van der Waals surface area contributed by atoms with Crippen molar-refractivity contribution < 1.29 is 32.2 Å². The van der Waals surface area contributed by atoms with E-state index in [-0.39, 0.29) is 30.2 Å². The third kappa shape index (κ3) is 5.85. The number of amides is 1. The molecule has 1 unspecified atom stereocenters. The van der Waals surface area contributed by atoms with Crippen LogP contribution in [0.25, 0.3) is 22.3 Å². The number of methoxy groups -OCH3 is 1. The highest BCUT2D eigenvalue weighted by atomic mass is 19.4. The molecule has 0 bridgehead atoms. The highest BCUT2D eigenvalue weighted by Crippen LogP contribution is 2.37. The second-order valence-electron chi connectivity index (χ2n) is 8.46. The lowest BCUT2D eigenvalue weighted by molar-refractivity contribution is -0.274. The Morgan fingerprint density at radius 2 is 1.81 bits per heavy atom. The summed E-state index contributed by atoms with van der Waals surface area (Å²) in [5, 5.41) is 0. The van der Waals surface area contributed by atoms with Crippen LogP contribution in [0, 0.1) is 13.8 Å². The molecule has 196 valence electrons. The Hall–Kier alpha value is -3.43. The predicted molar refractivity (Wildman–Crippen MR) is 131 cm³/mol. The lowest BCUT2D eigenvalue weighted by Gasteiger charge is -2.22. The van der Waals surface area contributed by atoms with Crippen molar-refractivity contribution in [2.75, 3.05) is 26.8 Å². The zero-order valence-corrected chi connectivity index (χ0v) is 21.4. The van der Waals surface area contributed by atoms with Gasteiger partial charge in [0.1, 0.15) is 18.1 Å². The van der Waals surface area contributed by atoms with E-state index in [0.29, 0.717) is 24.3 Å². The summed E-state index contributed by atoms with van der Waals surface area (Å²) in [4.78, 5) is 18.8. The summed E-state index contributed by atoms with van der Waals surface area (Å²) in [7, 11) is 1.39. The minimum Gasteiger partial charge on any atom is -0.496 e. The highest BCUT2D eigenvalue weighted by molar-refractivity contribution is 5.85. The zero-order chi connectivity index (χ0) is 26.6. The van der Waals surface area contributed by atoms with Crippen molar-refractivity contribution in [2.24, 2.45) is 0 Å². The molecule has 36 heavy (non-hydrogen) atoms. The van der Waals surface area contributed by atoms with Gasteiger partial charge in [-0.05, 0) is 63.4 Å². The van der Waals surface area contributed by atoms with Gasteiger partial charge in [0.15, 0.2) is 0 Å². The van der Waals surface area contributed by atoms with E-state index in [1.165, 1.54) is 25.3 Å². The van der Waals surface area contributed by atoms with E-state index in [0.717, 1.165) is 28.6 Å². The molecule has 3 aromatic rings. The summed E-state index contributed by atoms with van der Waals surface area (Å²) in [5.74, 6) is -0.146. The summed E-state index contributed by atoms with van der Waals surface area (Å²) >= 11 is 0. The van der Waals surface area contributed by atoms with Crippen LogP contribution < -0.4 is 9.47 Å². The number of alkyl halides is 3. The van der Waals surface area contributed by atoms with Crippen molar-refractivity contribution in [3.63, 3.8) is 0 Å². The van der Waals surface area contributed by atoms with E-state index >= 15 is 0 Å². The average molecular weight is 508 g/mol. The van der Waals surface area contributed by atoms with Gasteiger partial charge < -0.3 is 23.7 Å². The van der Waals surface area contributed by atoms with Gasteiger partial charge in [-0.1, -0.05) is 6.92 Å². The summed E-state index contributed by atoms with van der Waals surface area (Å²) in [5.41, 5.74) is 4.53. The normalized spacial score (nSPS) is 12.5. The molecule has 10 heteroatoms. The third-order valence-electron chi connectivity index (χ3n) is 6.12. The fourth-order valence-electron chi connectivity index (χ4n) is 4.20. The average Bonchev–Trinajstić information content (AvgIpc) is 3.13. The summed E-state index contributed by atoms with van der Waals surface area (Å²) in [6.07, 6.45) is -2.41. The fourth-order valence-corrected chi connectivity index (χ4v) is 4.20. The molecule has 0 saturated carbocycles. The van der Waals surface area contributed by atoms with Crippen LogP contribution in [0.5, 0.6) is 11.5 Å². The second-order valence-corrected chi connectivity index (χ2v) is 8.46. The molecule has 0 aliphatic carbocycles. The van der Waals surface area contributed by atoms with Gasteiger partial charge >= 0.3 is 12.5 Å². The van der Waals surface area contributed by atoms with Gasteiger partial charge in [-0.2, -0.15) is 0 Å². The molecule has 0 radical (unpaired) electrons. The smallest absolute Gasteiger partial charge is 0.496 e. The Bertz CT molecular complexity index is 1220. The first-order chi connectivity index (χ1) is 17.0. The quantitative estimate of drug-likeness (QED) is 0.324. The van der Waals surface area contributed by atoms with Crippen LogP contribution in [0.1, 0.15) is 44.4 Å². The number of aromatic nitrogens is 2. The van der Waals surface area contributed by atoms with Crippen LogP contribution in [0.2, 0.25) is 0 Å². The maximum Gasteiger partial charge on any atom is 0.573 e. The van der Waals surface area contributed by atoms with Crippen LogP contribution in [-0.4, -0.2) is 53.7 Å². The molecule has 0 N–H and O–H groups in total. The molecule has 1 aromatic carbocycles. The van der Waals surface area contributed by atoms with E-state index in [2.05, 4.69) is 9.30 Å². The van der Waals surface area contributed by atoms with E-state index in [9.17, 15) is 18.0 Å². The molecule has 0 spiro atoms. The summed E-state index contributed by atoms with van der Waals surface area (Å²) in [6.45, 7) is 11.1. The molecule has 2 aromatic heterocycles. The molecule has 0 aliphatic heterocycles. The van der Waals surface area contributed by atoms with Crippen molar-refractivity contribution in [3.05, 3.63) is 41.6 Å². The van der Waals surface area contributed by atoms with Crippen LogP contribution in [0.4, 0.5) is 18.0 Å². The van der Waals surface area contributed by atoms with Crippen LogP contribution in [0.3, 0.4) is 0 Å². The minimum atomic E-state index is -4.80. The summed E-state index contributed by atoms with van der Waals surface area (Å²) in [6, 6.07) is 5.85. The van der Waals surface area contributed by atoms with E-state index in [1.807, 2.05) is 46.9 Å². The number of pyridine rings is 1. The Balaban J connectivity index is 1.98. The van der Waals surface area contributed by atoms with Gasteiger partial charge in [-0.3, -0.25) is 0 Å². The van der Waals surface area contributed by atoms with Gasteiger partial charge in [-0.25, -0.2) is 9.78 Å². The molecule has 0 aliphatic rings. The van der Waals surface area contributed by atoms with Crippen LogP contribution in [-0.2, 0) is 4.74 Å². The topological polar surface area (TPSA) is 65.8 Å².